The number of hydrogen-bond donors (Lipinski definition) is 1. The van der Waals surface area contributed by atoms with Crippen LogP contribution in [0.25, 0.3) is 0 Å². The van der Waals surface area contributed by atoms with Gasteiger partial charge in [0.1, 0.15) is 6.61 Å². The number of ether oxygens (including phenoxy) is 2. The predicted molar refractivity (Wildman–Crippen MR) is 136 cm³/mol. The van der Waals surface area contributed by atoms with Crippen molar-refractivity contribution in [1.29, 1.82) is 0 Å². The lowest BCUT2D eigenvalue weighted by molar-refractivity contribution is 0.0854. The predicted octanol–water partition coefficient (Wildman–Crippen LogP) is 3.97. The topological polar surface area (TPSA) is 60.8 Å². The molecule has 33 heavy (non-hydrogen) atoms. The van der Waals surface area contributed by atoms with Gasteiger partial charge in [0.25, 0.3) is 11.5 Å². The van der Waals surface area contributed by atoms with Crippen LogP contribution < -0.4 is 10.3 Å². The highest BCUT2D eigenvalue weighted by molar-refractivity contribution is 7.80. The Morgan fingerprint density at radius 2 is 1.64 bits per heavy atom. The third-order valence-corrected chi connectivity index (χ3v) is 5.35. The molecule has 0 unspecified atom stereocenters. The van der Waals surface area contributed by atoms with E-state index in [1.807, 2.05) is 60.7 Å². The van der Waals surface area contributed by atoms with E-state index in [0.29, 0.717) is 32.1 Å². The van der Waals surface area contributed by atoms with Crippen LogP contribution in [-0.2, 0) is 24.5 Å². The molecule has 1 aromatic heterocycles. The molecule has 1 heterocycles. The number of rotatable bonds is 12. The lowest BCUT2D eigenvalue weighted by Gasteiger charge is -2.19. The van der Waals surface area contributed by atoms with E-state index in [0.717, 1.165) is 11.1 Å². The minimum Gasteiger partial charge on any atom is -0.482 e. The fourth-order valence-electron chi connectivity index (χ4n) is 3.16. The molecule has 0 aliphatic heterocycles. The Hall–Kier alpha value is -2.94. The van der Waals surface area contributed by atoms with Crippen molar-refractivity contribution in [3.8, 4) is 5.75 Å². The average molecular weight is 483 g/mol. The van der Waals surface area contributed by atoms with Crippen molar-refractivity contribution in [2.24, 2.45) is 0 Å². The van der Waals surface area contributed by atoms with E-state index >= 15 is 0 Å². The van der Waals surface area contributed by atoms with Crippen molar-refractivity contribution in [3.63, 3.8) is 0 Å². The van der Waals surface area contributed by atoms with Crippen molar-refractivity contribution in [2.45, 2.75) is 19.8 Å². The maximum absolute atomic E-state index is 13.2. The van der Waals surface area contributed by atoms with E-state index in [4.69, 9.17) is 21.7 Å². The van der Waals surface area contributed by atoms with E-state index in [9.17, 15) is 9.59 Å². The Balaban J connectivity index is 1.79. The summed E-state index contributed by atoms with van der Waals surface area (Å²) in [5.74, 6) is 0.0386. The first-order valence-electron chi connectivity index (χ1n) is 10.5. The Morgan fingerprint density at radius 1 is 1.00 bits per heavy atom. The van der Waals surface area contributed by atoms with Gasteiger partial charge in [-0.3, -0.25) is 9.59 Å². The van der Waals surface area contributed by atoms with Crippen LogP contribution in [0.5, 0.6) is 5.75 Å². The Bertz CT molecular complexity index is 1100. The molecule has 0 N–H and O–H groups in total. The Labute approximate surface area is 204 Å². The van der Waals surface area contributed by atoms with Crippen molar-refractivity contribution in [3.05, 3.63) is 100.0 Å². The number of carbonyl (C=O) groups is 1. The molecule has 0 saturated carbocycles. The van der Waals surface area contributed by atoms with Gasteiger partial charge in [-0.2, -0.15) is 12.6 Å². The maximum Gasteiger partial charge on any atom is 0.293 e. The summed E-state index contributed by atoms with van der Waals surface area (Å²) in [7, 11) is 0. The highest BCUT2D eigenvalue weighted by atomic mass is 32.1. The van der Waals surface area contributed by atoms with Crippen LogP contribution in [0.4, 0.5) is 0 Å². The van der Waals surface area contributed by atoms with Gasteiger partial charge in [0, 0.05) is 25.0 Å². The van der Waals surface area contributed by atoms with Crippen molar-refractivity contribution in [2.75, 3.05) is 18.9 Å². The summed E-state index contributed by atoms with van der Waals surface area (Å²) in [5, 5.41) is 0. The molecule has 3 aromatic rings. The summed E-state index contributed by atoms with van der Waals surface area (Å²) < 4.78 is 13.1. The lowest BCUT2D eigenvalue weighted by Crippen LogP contribution is -2.33. The zero-order valence-electron chi connectivity index (χ0n) is 18.1. The number of hydrogen-bond acceptors (Lipinski definition) is 6. The quantitative estimate of drug-likeness (QED) is 0.240. The summed E-state index contributed by atoms with van der Waals surface area (Å²) in [6.45, 7) is 1.62. The van der Waals surface area contributed by atoms with Gasteiger partial charge in [-0.25, -0.2) is 0 Å². The number of nitrogens with zero attached hydrogens (tertiary/aromatic N) is 2. The van der Waals surface area contributed by atoms with E-state index in [1.54, 1.807) is 12.3 Å². The number of carbonyl (C=O) groups excluding carboxylic acids is 1. The first-order valence-corrected chi connectivity index (χ1v) is 11.6. The normalized spacial score (nSPS) is 10.6. The zero-order valence-corrected chi connectivity index (χ0v) is 19.8. The number of benzene rings is 2. The second-order valence-corrected chi connectivity index (χ2v) is 7.86. The number of thiol groups is 1. The van der Waals surface area contributed by atoms with Gasteiger partial charge in [-0.1, -0.05) is 72.9 Å². The molecule has 0 atom stereocenters. The SMILES string of the molecule is O=C(c1ccn(CCOCc2ccccc2)c(=O)c1OCc1ccccc1)N(C=S)CCS. The highest BCUT2D eigenvalue weighted by Gasteiger charge is 2.22. The molecule has 0 radical (unpaired) electrons. The summed E-state index contributed by atoms with van der Waals surface area (Å²) in [5.41, 5.74) is 2.99. The Kier molecular flexibility index (Phi) is 9.68. The molecular formula is C25H26N2O4S2. The van der Waals surface area contributed by atoms with E-state index in [-0.39, 0.29) is 17.9 Å². The van der Waals surface area contributed by atoms with Crippen molar-refractivity contribution in [1.82, 2.24) is 9.47 Å². The van der Waals surface area contributed by atoms with Crippen LogP contribution >= 0.6 is 24.8 Å². The summed E-state index contributed by atoms with van der Waals surface area (Å²) >= 11 is 9.15. The molecule has 8 heteroatoms. The monoisotopic (exact) mass is 482 g/mol. The van der Waals surface area contributed by atoms with Gasteiger partial charge in [-0.05, 0) is 17.2 Å². The molecule has 0 saturated heterocycles. The van der Waals surface area contributed by atoms with Crippen LogP contribution in [0.2, 0.25) is 0 Å². The van der Waals surface area contributed by atoms with Gasteiger partial charge >= 0.3 is 0 Å². The molecule has 0 spiro atoms. The molecule has 1 amide bonds. The maximum atomic E-state index is 13.2. The van der Waals surface area contributed by atoms with Crippen molar-refractivity contribution >= 4 is 36.2 Å². The van der Waals surface area contributed by atoms with Gasteiger partial charge in [0.2, 0.25) is 0 Å². The third kappa shape index (κ3) is 7.02. The first kappa shape index (κ1) is 24.7. The third-order valence-electron chi connectivity index (χ3n) is 4.89. The second-order valence-electron chi connectivity index (χ2n) is 7.20. The molecule has 0 bridgehead atoms. The minimum atomic E-state index is -0.397. The zero-order chi connectivity index (χ0) is 23.5. The minimum absolute atomic E-state index is 0.00423. The number of amides is 1. The van der Waals surface area contributed by atoms with Crippen LogP contribution in [-0.4, -0.2) is 39.8 Å². The molecule has 0 fully saturated rings. The van der Waals surface area contributed by atoms with E-state index < -0.39 is 11.5 Å². The largest absolute Gasteiger partial charge is 0.482 e. The summed E-state index contributed by atoms with van der Waals surface area (Å²) in [6, 6.07) is 20.9. The van der Waals surface area contributed by atoms with Gasteiger partial charge < -0.3 is 18.9 Å². The van der Waals surface area contributed by atoms with Crippen LogP contribution in [0, 0.1) is 0 Å². The molecule has 0 aliphatic rings. The molecule has 2 aromatic carbocycles. The van der Waals surface area contributed by atoms with Crippen molar-refractivity contribution < 1.29 is 14.3 Å². The van der Waals surface area contributed by atoms with Crippen LogP contribution in [0.1, 0.15) is 21.5 Å². The van der Waals surface area contributed by atoms with E-state index in [2.05, 4.69) is 12.6 Å². The number of aromatic nitrogens is 1. The van der Waals surface area contributed by atoms with Gasteiger partial charge in [0.05, 0.1) is 24.3 Å². The fraction of sp³-hybridized carbons (Fsp3) is 0.240. The average Bonchev–Trinajstić information content (AvgIpc) is 2.86. The molecule has 3 rings (SSSR count). The highest BCUT2D eigenvalue weighted by Crippen LogP contribution is 2.17. The first-order chi connectivity index (χ1) is 16.1. The summed E-state index contributed by atoms with van der Waals surface area (Å²) in [6.07, 6.45) is 1.58. The fourth-order valence-corrected chi connectivity index (χ4v) is 3.58. The molecule has 6 nitrogen and oxygen atoms in total. The number of pyridine rings is 1. The second kappa shape index (κ2) is 12.9. The number of thiocarbonyl (C=S) groups is 1. The summed E-state index contributed by atoms with van der Waals surface area (Å²) in [4.78, 5) is 27.6. The molecule has 172 valence electrons. The smallest absolute Gasteiger partial charge is 0.293 e. The van der Waals surface area contributed by atoms with E-state index in [1.165, 1.54) is 15.0 Å². The lowest BCUT2D eigenvalue weighted by atomic mass is 10.2. The van der Waals surface area contributed by atoms with Crippen LogP contribution in [0.3, 0.4) is 0 Å². The molecular weight excluding hydrogens is 456 g/mol. The standard InChI is InChI=1S/C25H26N2O4S2/c28-24(27(19-33)14-16-32)22-11-12-26(13-15-30-17-20-7-3-1-4-8-20)25(29)23(22)31-18-21-9-5-2-6-10-21/h1-12,19,32H,13-18H2. The van der Waals surface area contributed by atoms with Gasteiger partial charge in [-0.15, -0.1) is 0 Å². The molecule has 0 aliphatic carbocycles. The Morgan fingerprint density at radius 3 is 2.24 bits per heavy atom. The van der Waals surface area contributed by atoms with Crippen LogP contribution in [0.15, 0.2) is 77.7 Å². The van der Waals surface area contributed by atoms with Gasteiger partial charge in [0.15, 0.2) is 5.75 Å².